The van der Waals surface area contributed by atoms with Crippen molar-refractivity contribution < 1.29 is 38.9 Å². The van der Waals surface area contributed by atoms with E-state index in [1.54, 1.807) is 6.08 Å². The molecule has 0 amide bonds. The second-order valence-corrected chi connectivity index (χ2v) is 4.86. The van der Waals surface area contributed by atoms with Crippen molar-refractivity contribution >= 4 is 23.9 Å². The Morgan fingerprint density at radius 1 is 1.16 bits per heavy atom. The number of rotatable bonds is 8. The van der Waals surface area contributed by atoms with Crippen LogP contribution < -0.4 is 5.32 Å². The van der Waals surface area contributed by atoms with Crippen LogP contribution in [0.15, 0.2) is 23.8 Å². The molecule has 25 heavy (non-hydrogen) atoms. The van der Waals surface area contributed by atoms with Gasteiger partial charge >= 0.3 is 23.9 Å². The van der Waals surface area contributed by atoms with Crippen LogP contribution in [0.5, 0.6) is 0 Å². The number of carbonyl (C=O) groups excluding carboxylic acids is 2. The first-order valence-electron chi connectivity index (χ1n) is 7.73. The fraction of sp³-hybridized carbons (Fsp3) is 0.500. The van der Waals surface area contributed by atoms with E-state index in [-0.39, 0.29) is 12.8 Å². The first-order valence-corrected chi connectivity index (χ1v) is 7.73. The summed E-state index contributed by atoms with van der Waals surface area (Å²) in [5, 5.41) is 18.7. The molecular formula is C16H23NO8. The second-order valence-electron chi connectivity index (χ2n) is 4.86. The maximum Gasteiger partial charge on any atom is 0.336 e. The molecule has 9 nitrogen and oxygen atoms in total. The highest BCUT2D eigenvalue weighted by atomic mass is 16.7. The standard InChI is InChI=1S/C12H19NO4.C4H4O4/c1-2-3-4-11(14)16-9-17-12(15)10-5-7-13-8-6-10;5-3(6)1-2-4(7)8/h5,13H,2-4,6-9H2,1H3;1-2H,(H,5,6)(H,7,8)/b;2-1+. The molecule has 0 radical (unpaired) electrons. The van der Waals surface area contributed by atoms with Gasteiger partial charge in [0, 0.05) is 30.7 Å². The Morgan fingerprint density at radius 2 is 1.80 bits per heavy atom. The maximum absolute atomic E-state index is 11.5. The Kier molecular flexibility index (Phi) is 12.3. The molecule has 0 aromatic rings. The largest absolute Gasteiger partial charge is 0.478 e. The van der Waals surface area contributed by atoms with Gasteiger partial charge in [-0.1, -0.05) is 19.4 Å². The fourth-order valence-corrected chi connectivity index (χ4v) is 1.59. The third kappa shape index (κ3) is 13.5. The highest BCUT2D eigenvalue weighted by Gasteiger charge is 2.13. The first kappa shape index (κ1) is 22.3. The molecule has 0 bridgehead atoms. The topological polar surface area (TPSA) is 139 Å². The number of aliphatic carboxylic acids is 2. The van der Waals surface area contributed by atoms with Crippen molar-refractivity contribution in [3.05, 3.63) is 23.8 Å². The van der Waals surface area contributed by atoms with Gasteiger partial charge in [0.1, 0.15) is 0 Å². The number of carboxylic acids is 2. The summed E-state index contributed by atoms with van der Waals surface area (Å²) in [5.41, 5.74) is 0.647. The Morgan fingerprint density at radius 3 is 2.28 bits per heavy atom. The molecule has 0 aliphatic carbocycles. The van der Waals surface area contributed by atoms with Crippen molar-refractivity contribution in [3.8, 4) is 0 Å². The van der Waals surface area contributed by atoms with Gasteiger partial charge < -0.3 is 25.0 Å². The number of nitrogens with one attached hydrogen (secondary N) is 1. The van der Waals surface area contributed by atoms with Crippen molar-refractivity contribution in [1.82, 2.24) is 5.32 Å². The molecule has 0 aromatic heterocycles. The molecule has 0 aromatic carbocycles. The Hall–Kier alpha value is -2.68. The van der Waals surface area contributed by atoms with E-state index in [9.17, 15) is 19.2 Å². The summed E-state index contributed by atoms with van der Waals surface area (Å²) >= 11 is 0. The molecule has 140 valence electrons. The molecule has 0 spiro atoms. The summed E-state index contributed by atoms with van der Waals surface area (Å²) in [6.07, 6.45) is 5.68. The number of carbonyl (C=O) groups is 4. The summed E-state index contributed by atoms with van der Waals surface area (Å²) in [7, 11) is 0. The summed E-state index contributed by atoms with van der Waals surface area (Å²) in [4.78, 5) is 41.7. The van der Waals surface area contributed by atoms with Gasteiger partial charge in [0.2, 0.25) is 6.79 Å². The van der Waals surface area contributed by atoms with Crippen LogP contribution in [-0.2, 0) is 28.7 Å². The monoisotopic (exact) mass is 357 g/mol. The Labute approximate surface area is 145 Å². The van der Waals surface area contributed by atoms with Crippen molar-refractivity contribution in [2.45, 2.75) is 32.6 Å². The smallest absolute Gasteiger partial charge is 0.336 e. The van der Waals surface area contributed by atoms with E-state index < -0.39 is 17.9 Å². The number of carboxylic acid groups (broad SMARTS) is 2. The molecule has 0 fully saturated rings. The van der Waals surface area contributed by atoms with Gasteiger partial charge in [0.25, 0.3) is 0 Å². The van der Waals surface area contributed by atoms with Crippen LogP contribution >= 0.6 is 0 Å². The summed E-state index contributed by atoms with van der Waals surface area (Å²) in [6.45, 7) is 3.17. The van der Waals surface area contributed by atoms with Crippen molar-refractivity contribution in [2.24, 2.45) is 0 Å². The summed E-state index contributed by atoms with van der Waals surface area (Å²) in [5.74, 6) is -3.23. The fourth-order valence-electron chi connectivity index (χ4n) is 1.59. The number of esters is 2. The number of hydrogen-bond acceptors (Lipinski definition) is 7. The predicted molar refractivity (Wildman–Crippen MR) is 86.6 cm³/mol. The minimum Gasteiger partial charge on any atom is -0.478 e. The lowest BCUT2D eigenvalue weighted by atomic mass is 10.1. The molecule has 0 saturated heterocycles. The van der Waals surface area contributed by atoms with E-state index in [1.807, 2.05) is 6.92 Å². The second kappa shape index (κ2) is 13.7. The quantitative estimate of drug-likeness (QED) is 0.328. The van der Waals surface area contributed by atoms with E-state index in [0.29, 0.717) is 37.1 Å². The van der Waals surface area contributed by atoms with Crippen LogP contribution in [0.25, 0.3) is 0 Å². The van der Waals surface area contributed by atoms with Gasteiger partial charge in [-0.05, 0) is 19.4 Å². The van der Waals surface area contributed by atoms with Gasteiger partial charge in [-0.25, -0.2) is 14.4 Å². The lowest BCUT2D eigenvalue weighted by Crippen LogP contribution is -2.24. The highest BCUT2D eigenvalue weighted by molar-refractivity contribution is 5.89. The average Bonchev–Trinajstić information content (AvgIpc) is 2.59. The maximum atomic E-state index is 11.5. The van der Waals surface area contributed by atoms with Crippen molar-refractivity contribution in [2.75, 3.05) is 19.9 Å². The molecular weight excluding hydrogens is 334 g/mol. The van der Waals surface area contributed by atoms with E-state index >= 15 is 0 Å². The van der Waals surface area contributed by atoms with Crippen molar-refractivity contribution in [1.29, 1.82) is 0 Å². The minimum absolute atomic E-state index is 0.286. The average molecular weight is 357 g/mol. The molecule has 1 rings (SSSR count). The highest BCUT2D eigenvalue weighted by Crippen LogP contribution is 2.06. The van der Waals surface area contributed by atoms with E-state index in [1.165, 1.54) is 0 Å². The molecule has 1 aliphatic heterocycles. The molecule has 3 N–H and O–H groups in total. The Bertz CT molecular complexity index is 508. The molecule has 1 heterocycles. The van der Waals surface area contributed by atoms with Crippen LogP contribution in [0.1, 0.15) is 32.6 Å². The van der Waals surface area contributed by atoms with Crippen LogP contribution in [0, 0.1) is 0 Å². The van der Waals surface area contributed by atoms with E-state index in [0.717, 1.165) is 19.4 Å². The van der Waals surface area contributed by atoms with Crippen molar-refractivity contribution in [3.63, 3.8) is 0 Å². The van der Waals surface area contributed by atoms with E-state index in [2.05, 4.69) is 5.32 Å². The molecule has 0 unspecified atom stereocenters. The van der Waals surface area contributed by atoms with Gasteiger partial charge in [-0.15, -0.1) is 0 Å². The van der Waals surface area contributed by atoms with E-state index in [4.69, 9.17) is 19.7 Å². The molecule has 1 aliphatic rings. The number of ether oxygens (including phenoxy) is 2. The van der Waals surface area contributed by atoms with Gasteiger partial charge in [-0.2, -0.15) is 0 Å². The normalized spacial score (nSPS) is 13.2. The van der Waals surface area contributed by atoms with Crippen LogP contribution in [-0.4, -0.2) is 54.0 Å². The van der Waals surface area contributed by atoms with Crippen LogP contribution in [0.3, 0.4) is 0 Å². The minimum atomic E-state index is -1.26. The Balaban J connectivity index is 0.000000609. The van der Waals surface area contributed by atoms with Gasteiger partial charge in [0.05, 0.1) is 0 Å². The van der Waals surface area contributed by atoms with Gasteiger partial charge in [-0.3, -0.25) is 4.79 Å². The first-order chi connectivity index (χ1) is 11.9. The van der Waals surface area contributed by atoms with Gasteiger partial charge in [0.15, 0.2) is 0 Å². The number of unbranched alkanes of at least 4 members (excludes halogenated alkanes) is 1. The zero-order chi connectivity index (χ0) is 19.1. The zero-order valence-electron chi connectivity index (χ0n) is 14.0. The molecule has 0 saturated carbocycles. The lowest BCUT2D eigenvalue weighted by Gasteiger charge is -2.13. The van der Waals surface area contributed by atoms with Crippen LogP contribution in [0.2, 0.25) is 0 Å². The molecule has 0 atom stereocenters. The summed E-state index contributed by atoms with van der Waals surface area (Å²) in [6, 6.07) is 0. The zero-order valence-corrected chi connectivity index (χ0v) is 14.0. The third-order valence-electron chi connectivity index (χ3n) is 2.84. The number of hydrogen-bond donors (Lipinski definition) is 3. The molecule has 9 heteroatoms. The SMILES string of the molecule is CCCCC(=O)OCOC(=O)C1=CCNCC1.O=C(O)/C=C/C(=O)O. The lowest BCUT2D eigenvalue weighted by molar-refractivity contribution is -0.164. The van der Waals surface area contributed by atoms with Crippen LogP contribution in [0.4, 0.5) is 0 Å². The third-order valence-corrected chi connectivity index (χ3v) is 2.84. The summed E-state index contributed by atoms with van der Waals surface area (Å²) < 4.78 is 9.63. The predicted octanol–water partition coefficient (Wildman–Crippen LogP) is 0.852.